The molecule has 3 N–H and O–H groups in total. The molecule has 2 rings (SSSR count). The normalized spacial score (nSPS) is 16.7. The van der Waals surface area contributed by atoms with Gasteiger partial charge in [-0.3, -0.25) is 4.79 Å². The van der Waals surface area contributed by atoms with Crippen molar-refractivity contribution in [3.05, 3.63) is 29.8 Å². The van der Waals surface area contributed by atoms with Crippen molar-refractivity contribution in [1.29, 1.82) is 0 Å². The second-order valence-corrected chi connectivity index (χ2v) is 5.56. The molecule has 0 radical (unpaired) electrons. The van der Waals surface area contributed by atoms with Gasteiger partial charge in [-0.25, -0.2) is 0 Å². The van der Waals surface area contributed by atoms with Crippen LogP contribution >= 0.6 is 0 Å². The Morgan fingerprint density at radius 1 is 1.43 bits per heavy atom. The molecule has 0 bridgehead atoms. The van der Waals surface area contributed by atoms with Crippen LogP contribution in [0, 0.1) is 0 Å². The molecule has 114 valence electrons. The van der Waals surface area contributed by atoms with Gasteiger partial charge in [-0.2, -0.15) is 0 Å². The second kappa shape index (κ2) is 7.59. The van der Waals surface area contributed by atoms with Crippen molar-refractivity contribution >= 4 is 18.6 Å². The van der Waals surface area contributed by atoms with Crippen LogP contribution in [0.3, 0.4) is 0 Å². The molecule has 1 aliphatic carbocycles. The number of hydrogen-bond acceptors (Lipinski definition) is 5. The maximum Gasteiger partial charge on any atom is 0.488 e. The molecule has 5 nitrogen and oxygen atoms in total. The Balaban J connectivity index is 1.81. The number of ether oxygens (including phenoxy) is 1. The van der Waals surface area contributed by atoms with E-state index in [9.17, 15) is 4.79 Å². The zero-order valence-corrected chi connectivity index (χ0v) is 12.3. The monoisotopic (exact) mass is 291 g/mol. The fourth-order valence-corrected chi connectivity index (χ4v) is 2.49. The SMILES string of the molecule is C[C@H](NCc1cccc(B(O)O)c1)C(=O)OC1CCCC1. The summed E-state index contributed by atoms with van der Waals surface area (Å²) in [5.74, 6) is -0.222. The highest BCUT2D eigenvalue weighted by Gasteiger charge is 2.22. The summed E-state index contributed by atoms with van der Waals surface area (Å²) in [5.41, 5.74) is 1.33. The molecule has 0 aromatic heterocycles. The fourth-order valence-electron chi connectivity index (χ4n) is 2.49. The Bertz CT molecular complexity index is 474. The number of nitrogens with one attached hydrogen (secondary N) is 1. The predicted molar refractivity (Wildman–Crippen MR) is 80.9 cm³/mol. The summed E-state index contributed by atoms with van der Waals surface area (Å²) in [4.78, 5) is 11.9. The highest BCUT2D eigenvalue weighted by Crippen LogP contribution is 2.21. The van der Waals surface area contributed by atoms with Crippen molar-refractivity contribution in [2.24, 2.45) is 0 Å². The highest BCUT2D eigenvalue weighted by atomic mass is 16.5. The van der Waals surface area contributed by atoms with E-state index in [1.165, 1.54) is 0 Å². The lowest BCUT2D eigenvalue weighted by Crippen LogP contribution is -2.37. The molecule has 0 saturated heterocycles. The molecule has 1 fully saturated rings. The van der Waals surface area contributed by atoms with Crippen LogP contribution in [0.1, 0.15) is 38.2 Å². The average Bonchev–Trinajstić information content (AvgIpc) is 2.97. The van der Waals surface area contributed by atoms with E-state index in [0.717, 1.165) is 31.2 Å². The molecular formula is C15H22BNO4. The van der Waals surface area contributed by atoms with Gasteiger partial charge < -0.3 is 20.1 Å². The van der Waals surface area contributed by atoms with E-state index in [4.69, 9.17) is 14.8 Å². The Kier molecular flexibility index (Phi) is 5.79. The Labute approximate surface area is 125 Å². The minimum atomic E-state index is -1.48. The van der Waals surface area contributed by atoms with Gasteiger partial charge in [0.2, 0.25) is 0 Å². The molecule has 1 aromatic rings. The van der Waals surface area contributed by atoms with Crippen molar-refractivity contribution < 1.29 is 19.6 Å². The first-order valence-electron chi connectivity index (χ1n) is 7.45. The summed E-state index contributed by atoms with van der Waals surface area (Å²) in [7, 11) is -1.48. The van der Waals surface area contributed by atoms with Crippen LogP contribution in [0.2, 0.25) is 0 Å². The first-order chi connectivity index (χ1) is 10.1. The third-order valence-corrected chi connectivity index (χ3v) is 3.80. The van der Waals surface area contributed by atoms with E-state index in [1.807, 2.05) is 6.07 Å². The molecule has 1 aliphatic rings. The zero-order valence-electron chi connectivity index (χ0n) is 12.3. The summed E-state index contributed by atoms with van der Waals surface area (Å²) in [6.45, 7) is 2.25. The van der Waals surface area contributed by atoms with Crippen LogP contribution in [0.25, 0.3) is 0 Å². The minimum absolute atomic E-state index is 0.0783. The molecule has 1 aromatic carbocycles. The number of carbonyl (C=O) groups is 1. The summed E-state index contributed by atoms with van der Waals surface area (Å²) < 4.78 is 5.44. The average molecular weight is 291 g/mol. The first kappa shape index (κ1) is 16.0. The van der Waals surface area contributed by atoms with Gasteiger partial charge in [0.25, 0.3) is 0 Å². The van der Waals surface area contributed by atoms with Crippen molar-refractivity contribution in [1.82, 2.24) is 5.32 Å². The lowest BCUT2D eigenvalue weighted by atomic mass is 9.79. The van der Waals surface area contributed by atoms with Crippen molar-refractivity contribution in [3.8, 4) is 0 Å². The summed E-state index contributed by atoms with van der Waals surface area (Å²) in [5, 5.41) is 21.4. The van der Waals surface area contributed by atoms with Gasteiger partial charge in [0.15, 0.2) is 0 Å². The first-order valence-corrected chi connectivity index (χ1v) is 7.45. The number of rotatable bonds is 6. The molecule has 6 heteroatoms. The maximum atomic E-state index is 11.9. The van der Waals surface area contributed by atoms with Crippen molar-refractivity contribution in [2.75, 3.05) is 0 Å². The van der Waals surface area contributed by atoms with E-state index in [1.54, 1.807) is 25.1 Å². The van der Waals surface area contributed by atoms with Gasteiger partial charge in [-0.05, 0) is 43.6 Å². The maximum absolute atomic E-state index is 11.9. The summed E-state index contributed by atoms with van der Waals surface area (Å²) >= 11 is 0. The van der Waals surface area contributed by atoms with Gasteiger partial charge in [0.1, 0.15) is 12.1 Å². The van der Waals surface area contributed by atoms with Crippen LogP contribution in [-0.4, -0.2) is 35.3 Å². The van der Waals surface area contributed by atoms with Crippen molar-refractivity contribution in [3.63, 3.8) is 0 Å². The fraction of sp³-hybridized carbons (Fsp3) is 0.533. The van der Waals surface area contributed by atoms with Crippen molar-refractivity contribution in [2.45, 2.75) is 51.3 Å². The van der Waals surface area contributed by atoms with Crippen LogP contribution in [0.5, 0.6) is 0 Å². The molecule has 21 heavy (non-hydrogen) atoms. The Morgan fingerprint density at radius 2 is 2.14 bits per heavy atom. The third kappa shape index (κ3) is 4.84. The number of benzene rings is 1. The number of esters is 1. The lowest BCUT2D eigenvalue weighted by molar-refractivity contribution is -0.150. The van der Waals surface area contributed by atoms with Gasteiger partial charge in [-0.1, -0.05) is 24.3 Å². The van der Waals surface area contributed by atoms with Crippen LogP contribution in [0.15, 0.2) is 24.3 Å². The molecule has 1 atom stereocenters. The summed E-state index contributed by atoms with van der Waals surface area (Å²) in [6.07, 6.45) is 4.28. The molecule has 1 saturated carbocycles. The van der Waals surface area contributed by atoms with E-state index in [-0.39, 0.29) is 18.1 Å². The van der Waals surface area contributed by atoms with Gasteiger partial charge in [0, 0.05) is 6.54 Å². The predicted octanol–water partition coefficient (Wildman–Crippen LogP) is 0.330. The molecule has 0 spiro atoms. The molecular weight excluding hydrogens is 269 g/mol. The van der Waals surface area contributed by atoms with E-state index < -0.39 is 7.12 Å². The third-order valence-electron chi connectivity index (χ3n) is 3.80. The number of hydrogen-bond donors (Lipinski definition) is 3. The smallest absolute Gasteiger partial charge is 0.461 e. The molecule has 0 amide bonds. The summed E-state index contributed by atoms with van der Waals surface area (Å²) in [6, 6.07) is 6.59. The van der Waals surface area contributed by atoms with E-state index in [2.05, 4.69) is 5.32 Å². The highest BCUT2D eigenvalue weighted by molar-refractivity contribution is 6.58. The number of carbonyl (C=O) groups excluding carboxylic acids is 1. The van der Waals surface area contributed by atoms with Gasteiger partial charge >= 0.3 is 13.1 Å². The molecule has 0 aliphatic heterocycles. The zero-order chi connectivity index (χ0) is 15.2. The lowest BCUT2D eigenvalue weighted by Gasteiger charge is -2.17. The quantitative estimate of drug-likeness (QED) is 0.520. The molecule has 0 heterocycles. The standard InChI is InChI=1S/C15H22BNO4/c1-11(15(18)21-14-7-2-3-8-14)17-10-12-5-4-6-13(9-12)16(19)20/h4-6,9,11,14,17,19-20H,2-3,7-8,10H2,1H3/t11-/m0/s1. The van der Waals surface area contributed by atoms with Gasteiger partial charge in [0.05, 0.1) is 0 Å². The topological polar surface area (TPSA) is 78.8 Å². The van der Waals surface area contributed by atoms with Crippen LogP contribution < -0.4 is 10.8 Å². The van der Waals surface area contributed by atoms with Gasteiger partial charge in [-0.15, -0.1) is 0 Å². The van der Waals surface area contributed by atoms with Crippen LogP contribution in [0.4, 0.5) is 0 Å². The Morgan fingerprint density at radius 3 is 2.81 bits per heavy atom. The molecule has 0 unspecified atom stereocenters. The van der Waals surface area contributed by atoms with Crippen LogP contribution in [-0.2, 0) is 16.1 Å². The van der Waals surface area contributed by atoms with E-state index >= 15 is 0 Å². The minimum Gasteiger partial charge on any atom is -0.461 e. The largest absolute Gasteiger partial charge is 0.488 e. The Hall–Kier alpha value is -1.37. The second-order valence-electron chi connectivity index (χ2n) is 5.56. The van der Waals surface area contributed by atoms with E-state index in [0.29, 0.717) is 12.0 Å².